The number of fused-ring (bicyclic) bond motifs is 9. The van der Waals surface area contributed by atoms with Crippen molar-refractivity contribution in [1.82, 2.24) is 0 Å². The van der Waals surface area contributed by atoms with E-state index in [0.717, 1.165) is 27.5 Å². The summed E-state index contributed by atoms with van der Waals surface area (Å²) in [4.78, 5) is 0. The molecule has 0 aliphatic heterocycles. The van der Waals surface area contributed by atoms with Gasteiger partial charge in [0.25, 0.3) is 0 Å². The maximum atomic E-state index is 6.81. The van der Waals surface area contributed by atoms with Crippen LogP contribution in [0.5, 0.6) is 0 Å². The van der Waals surface area contributed by atoms with E-state index in [1.807, 2.05) is 0 Å². The Labute approximate surface area is 341 Å². The summed E-state index contributed by atoms with van der Waals surface area (Å²) in [5, 5.41) is 12.2. The molecule has 1 aromatic heterocycles. The minimum atomic E-state index is 0.914. The first-order chi connectivity index (χ1) is 29.3. The van der Waals surface area contributed by atoms with Crippen molar-refractivity contribution in [3.63, 3.8) is 0 Å². The number of para-hydroxylation sites is 1. The Morgan fingerprint density at radius 2 is 0.712 bits per heavy atom. The molecule has 0 saturated carbocycles. The van der Waals surface area contributed by atoms with E-state index in [0.29, 0.717) is 0 Å². The highest BCUT2D eigenvalue weighted by Crippen LogP contribution is 2.51. The molecule has 272 valence electrons. The minimum Gasteiger partial charge on any atom is -0.455 e. The number of hydrogen-bond acceptors (Lipinski definition) is 1. The summed E-state index contributed by atoms with van der Waals surface area (Å²) >= 11 is 0. The van der Waals surface area contributed by atoms with Crippen LogP contribution in [0.25, 0.3) is 132 Å². The van der Waals surface area contributed by atoms with Gasteiger partial charge in [-0.15, -0.1) is 0 Å². The Kier molecular flexibility index (Phi) is 6.79. The Balaban J connectivity index is 0.970. The van der Waals surface area contributed by atoms with Crippen LogP contribution in [0.3, 0.4) is 0 Å². The van der Waals surface area contributed by atoms with Crippen LogP contribution < -0.4 is 0 Å². The van der Waals surface area contributed by atoms with Crippen molar-refractivity contribution in [2.45, 2.75) is 0 Å². The molecule has 0 fully saturated rings. The first kappa shape index (κ1) is 32.4. The number of furan rings is 1. The van der Waals surface area contributed by atoms with Crippen molar-refractivity contribution in [2.75, 3.05) is 0 Å². The SMILES string of the molecule is c1ccc(-c2ccc3c4c(cccc24)-c2ccccc2-3)c(-c2ccc(-c3c4ccccc4c(-c4cccc5c4oc4cc6ccccc6cc45)c4ccccc34)cc2)c1. The third-order valence-corrected chi connectivity index (χ3v) is 12.8. The Morgan fingerprint density at radius 3 is 1.39 bits per heavy atom. The van der Waals surface area contributed by atoms with Crippen LogP contribution in [-0.2, 0) is 0 Å². The molecule has 1 aliphatic carbocycles. The van der Waals surface area contributed by atoms with E-state index in [-0.39, 0.29) is 0 Å². The van der Waals surface area contributed by atoms with Gasteiger partial charge in [-0.3, -0.25) is 0 Å². The summed E-state index contributed by atoms with van der Waals surface area (Å²) in [5.41, 5.74) is 16.8. The summed E-state index contributed by atoms with van der Waals surface area (Å²) in [5.74, 6) is 0. The van der Waals surface area contributed by atoms with Crippen molar-refractivity contribution in [2.24, 2.45) is 0 Å². The van der Waals surface area contributed by atoms with Gasteiger partial charge in [0.2, 0.25) is 0 Å². The molecule has 1 nitrogen and oxygen atoms in total. The highest BCUT2D eigenvalue weighted by Gasteiger charge is 2.24. The molecule has 11 aromatic carbocycles. The Hall–Kier alpha value is -7.74. The van der Waals surface area contributed by atoms with Gasteiger partial charge >= 0.3 is 0 Å². The fourth-order valence-electron chi connectivity index (χ4n) is 10.2. The lowest BCUT2D eigenvalue weighted by atomic mass is 9.85. The molecule has 0 radical (unpaired) electrons. The monoisotopic (exact) mass is 746 g/mol. The van der Waals surface area contributed by atoms with Crippen molar-refractivity contribution in [3.8, 4) is 66.8 Å². The Morgan fingerprint density at radius 1 is 0.254 bits per heavy atom. The first-order valence-corrected chi connectivity index (χ1v) is 20.4. The van der Waals surface area contributed by atoms with Gasteiger partial charge in [-0.1, -0.05) is 194 Å². The van der Waals surface area contributed by atoms with E-state index in [2.05, 4.69) is 206 Å². The van der Waals surface area contributed by atoms with Crippen LogP contribution in [0.4, 0.5) is 0 Å². The molecule has 0 saturated heterocycles. The quantitative estimate of drug-likeness (QED) is 0.164. The molecular weight excluding hydrogens is 713 g/mol. The maximum Gasteiger partial charge on any atom is 0.143 e. The van der Waals surface area contributed by atoms with E-state index in [9.17, 15) is 0 Å². The van der Waals surface area contributed by atoms with Crippen molar-refractivity contribution in [3.05, 3.63) is 206 Å². The van der Waals surface area contributed by atoms with Gasteiger partial charge in [-0.05, 0) is 111 Å². The van der Waals surface area contributed by atoms with Gasteiger partial charge < -0.3 is 4.42 Å². The summed E-state index contributed by atoms with van der Waals surface area (Å²) in [6, 6.07) is 75.7. The van der Waals surface area contributed by atoms with Gasteiger partial charge in [0, 0.05) is 21.9 Å². The van der Waals surface area contributed by atoms with Crippen LogP contribution in [0.2, 0.25) is 0 Å². The molecule has 12 aromatic rings. The number of benzene rings is 11. The van der Waals surface area contributed by atoms with Crippen LogP contribution >= 0.6 is 0 Å². The highest BCUT2D eigenvalue weighted by molar-refractivity contribution is 6.25. The molecule has 0 atom stereocenters. The second-order valence-electron chi connectivity index (χ2n) is 15.9. The third kappa shape index (κ3) is 4.67. The van der Waals surface area contributed by atoms with Gasteiger partial charge in [-0.25, -0.2) is 0 Å². The molecule has 0 bridgehead atoms. The number of hydrogen-bond donors (Lipinski definition) is 0. The lowest BCUT2D eigenvalue weighted by Gasteiger charge is -2.18. The predicted octanol–water partition coefficient (Wildman–Crippen LogP) is 16.5. The first-order valence-electron chi connectivity index (χ1n) is 20.4. The van der Waals surface area contributed by atoms with Crippen LogP contribution in [0.15, 0.2) is 211 Å². The van der Waals surface area contributed by atoms with E-state index < -0.39 is 0 Å². The maximum absolute atomic E-state index is 6.81. The lowest BCUT2D eigenvalue weighted by Crippen LogP contribution is -1.91. The molecule has 0 spiro atoms. The molecule has 1 aliphatic rings. The third-order valence-electron chi connectivity index (χ3n) is 12.8. The molecule has 0 amide bonds. The zero-order valence-corrected chi connectivity index (χ0v) is 32.0. The molecule has 59 heavy (non-hydrogen) atoms. The van der Waals surface area contributed by atoms with Crippen LogP contribution in [0.1, 0.15) is 0 Å². The standard InChI is InChI=1S/C58H34O/c1-2-14-38-34-54-53(33-37(38)13-1)51-25-12-26-52(58(51)59-54)57-48-21-9-7-19-46(48)55(47-20-8-10-22-49(47)57)36-29-27-35(28-30-36)39-15-3-4-16-40(39)43-31-32-50-42-18-6-5-17-41(42)44-23-11-24-45(43)56(44)50/h1-34H. The largest absolute Gasteiger partial charge is 0.455 e. The second-order valence-corrected chi connectivity index (χ2v) is 15.9. The fourth-order valence-corrected chi connectivity index (χ4v) is 10.2. The van der Waals surface area contributed by atoms with Crippen molar-refractivity contribution in [1.29, 1.82) is 0 Å². The van der Waals surface area contributed by atoms with Gasteiger partial charge in [0.05, 0.1) is 0 Å². The smallest absolute Gasteiger partial charge is 0.143 e. The highest BCUT2D eigenvalue weighted by atomic mass is 16.3. The average Bonchev–Trinajstić information content (AvgIpc) is 3.83. The molecular formula is C58H34O. The molecule has 0 unspecified atom stereocenters. The normalized spacial score (nSPS) is 12.1. The molecule has 13 rings (SSSR count). The summed E-state index contributed by atoms with van der Waals surface area (Å²) in [7, 11) is 0. The van der Waals surface area contributed by atoms with Crippen molar-refractivity contribution >= 4 is 65.0 Å². The predicted molar refractivity (Wildman–Crippen MR) is 250 cm³/mol. The van der Waals surface area contributed by atoms with Crippen molar-refractivity contribution < 1.29 is 4.42 Å². The van der Waals surface area contributed by atoms with E-state index in [1.54, 1.807) is 0 Å². The van der Waals surface area contributed by atoms with E-state index in [1.165, 1.54) is 104 Å². The van der Waals surface area contributed by atoms with Crippen LogP contribution in [-0.4, -0.2) is 0 Å². The fraction of sp³-hybridized carbons (Fsp3) is 0. The zero-order valence-electron chi connectivity index (χ0n) is 32.0. The summed E-state index contributed by atoms with van der Waals surface area (Å²) in [6.45, 7) is 0. The molecule has 1 heterocycles. The summed E-state index contributed by atoms with van der Waals surface area (Å²) < 4.78 is 6.81. The van der Waals surface area contributed by atoms with Gasteiger partial charge in [0.15, 0.2) is 0 Å². The minimum absolute atomic E-state index is 0.914. The molecule has 0 N–H and O–H groups in total. The zero-order chi connectivity index (χ0) is 38.6. The Bertz CT molecular complexity index is 3630. The summed E-state index contributed by atoms with van der Waals surface area (Å²) in [6.07, 6.45) is 0. The van der Waals surface area contributed by atoms with E-state index in [4.69, 9.17) is 4.42 Å². The molecule has 1 heteroatoms. The van der Waals surface area contributed by atoms with Gasteiger partial charge in [-0.2, -0.15) is 0 Å². The number of rotatable bonds is 4. The second kappa shape index (κ2) is 12.4. The van der Waals surface area contributed by atoms with Crippen LogP contribution in [0, 0.1) is 0 Å². The topological polar surface area (TPSA) is 13.1 Å². The average molecular weight is 747 g/mol. The van der Waals surface area contributed by atoms with Gasteiger partial charge in [0.1, 0.15) is 11.2 Å². The van der Waals surface area contributed by atoms with E-state index >= 15 is 0 Å². The lowest BCUT2D eigenvalue weighted by molar-refractivity contribution is 0.670.